The minimum absolute atomic E-state index is 0.391. The molecule has 17 heavy (non-hydrogen) atoms. The smallest absolute Gasteiger partial charge is 0.326 e. The van der Waals surface area contributed by atoms with Gasteiger partial charge in [-0.1, -0.05) is 13.3 Å². The van der Waals surface area contributed by atoms with Gasteiger partial charge < -0.3 is 20.4 Å². The number of carboxylic acids is 1. The molecule has 0 radical (unpaired) electrons. The van der Waals surface area contributed by atoms with Gasteiger partial charge in [-0.05, 0) is 19.8 Å². The van der Waals surface area contributed by atoms with Crippen LogP contribution in [0.1, 0.15) is 33.1 Å². The Morgan fingerprint density at radius 1 is 1.35 bits per heavy atom. The molecule has 0 aliphatic rings. The zero-order chi connectivity index (χ0) is 13.4. The molecule has 0 aromatic rings. The summed E-state index contributed by atoms with van der Waals surface area (Å²) in [5.41, 5.74) is 0. The molecule has 0 saturated carbocycles. The van der Waals surface area contributed by atoms with Crippen LogP contribution in [0.3, 0.4) is 0 Å². The summed E-state index contributed by atoms with van der Waals surface area (Å²) in [7, 11) is 1.57. The number of hydrogen-bond donors (Lipinski definition) is 3. The zero-order valence-corrected chi connectivity index (χ0v) is 10.6. The number of nitrogens with zero attached hydrogens (tertiary/aromatic N) is 1. The maximum Gasteiger partial charge on any atom is 0.326 e. The number of carbonyl (C=O) groups is 2. The summed E-state index contributed by atoms with van der Waals surface area (Å²) >= 11 is 0. The lowest BCUT2D eigenvalue weighted by molar-refractivity contribution is -0.139. The Labute approximate surface area is 102 Å². The zero-order valence-electron chi connectivity index (χ0n) is 10.6. The molecule has 6 nitrogen and oxygen atoms in total. The van der Waals surface area contributed by atoms with E-state index in [1.54, 1.807) is 14.0 Å². The van der Waals surface area contributed by atoms with Gasteiger partial charge in [0.2, 0.25) is 0 Å². The lowest BCUT2D eigenvalue weighted by Gasteiger charge is -2.21. The standard InChI is InChI=1S/C11H22N2O4/c1-4-5-9(10(15)16)12-11(17)13(3)7-6-8(2)14/h8-9,14H,4-7H2,1-3H3,(H,12,17)(H,15,16). The van der Waals surface area contributed by atoms with Gasteiger partial charge in [-0.25, -0.2) is 9.59 Å². The molecule has 0 saturated heterocycles. The Hall–Kier alpha value is -1.30. The van der Waals surface area contributed by atoms with E-state index in [0.29, 0.717) is 25.8 Å². The number of nitrogens with one attached hydrogen (secondary N) is 1. The van der Waals surface area contributed by atoms with Crippen LogP contribution >= 0.6 is 0 Å². The summed E-state index contributed by atoms with van der Waals surface area (Å²) in [5, 5.41) is 20.4. The molecule has 0 spiro atoms. The molecule has 100 valence electrons. The molecular formula is C11H22N2O4. The molecule has 0 heterocycles. The number of amides is 2. The molecular weight excluding hydrogens is 224 g/mol. The third-order valence-electron chi connectivity index (χ3n) is 2.40. The summed E-state index contributed by atoms with van der Waals surface area (Å²) in [6.45, 7) is 3.89. The normalized spacial score (nSPS) is 13.9. The Bertz CT molecular complexity index is 256. The van der Waals surface area contributed by atoms with Crippen molar-refractivity contribution in [3.63, 3.8) is 0 Å². The van der Waals surface area contributed by atoms with Crippen molar-refractivity contribution in [2.24, 2.45) is 0 Å². The van der Waals surface area contributed by atoms with Gasteiger partial charge >= 0.3 is 12.0 Å². The number of aliphatic hydroxyl groups is 1. The lowest BCUT2D eigenvalue weighted by atomic mass is 10.2. The van der Waals surface area contributed by atoms with Crippen LogP contribution in [-0.4, -0.2) is 52.9 Å². The van der Waals surface area contributed by atoms with Crippen LogP contribution in [0.25, 0.3) is 0 Å². The number of urea groups is 1. The second kappa shape index (κ2) is 7.89. The topological polar surface area (TPSA) is 89.9 Å². The first kappa shape index (κ1) is 15.7. The molecule has 2 amide bonds. The summed E-state index contributed by atoms with van der Waals surface area (Å²) < 4.78 is 0. The van der Waals surface area contributed by atoms with E-state index in [4.69, 9.17) is 10.2 Å². The average molecular weight is 246 g/mol. The van der Waals surface area contributed by atoms with Crippen LogP contribution < -0.4 is 5.32 Å². The van der Waals surface area contributed by atoms with Gasteiger partial charge in [-0.15, -0.1) is 0 Å². The molecule has 0 aromatic heterocycles. The van der Waals surface area contributed by atoms with Crippen LogP contribution in [0, 0.1) is 0 Å². The van der Waals surface area contributed by atoms with Gasteiger partial charge in [0.1, 0.15) is 6.04 Å². The Balaban J connectivity index is 4.15. The van der Waals surface area contributed by atoms with Crippen LogP contribution in [0.15, 0.2) is 0 Å². The fourth-order valence-corrected chi connectivity index (χ4v) is 1.29. The molecule has 0 aliphatic heterocycles. The third kappa shape index (κ3) is 6.78. The minimum Gasteiger partial charge on any atom is -0.480 e. The summed E-state index contributed by atoms with van der Waals surface area (Å²) in [5.74, 6) is -1.02. The van der Waals surface area contributed by atoms with Crippen molar-refractivity contribution >= 4 is 12.0 Å². The maximum absolute atomic E-state index is 11.6. The van der Waals surface area contributed by atoms with Crippen LogP contribution in [0.2, 0.25) is 0 Å². The SMILES string of the molecule is CCCC(NC(=O)N(C)CCC(C)O)C(=O)O. The van der Waals surface area contributed by atoms with Crippen molar-refractivity contribution in [3.05, 3.63) is 0 Å². The van der Waals surface area contributed by atoms with Crippen molar-refractivity contribution in [1.29, 1.82) is 0 Å². The van der Waals surface area contributed by atoms with Gasteiger partial charge in [-0.3, -0.25) is 0 Å². The monoisotopic (exact) mass is 246 g/mol. The average Bonchev–Trinajstić information content (AvgIpc) is 2.24. The molecule has 2 atom stereocenters. The highest BCUT2D eigenvalue weighted by atomic mass is 16.4. The minimum atomic E-state index is -1.02. The number of hydrogen-bond acceptors (Lipinski definition) is 3. The van der Waals surface area contributed by atoms with E-state index in [2.05, 4.69) is 5.32 Å². The van der Waals surface area contributed by atoms with E-state index in [1.165, 1.54) is 4.90 Å². The van der Waals surface area contributed by atoms with Crippen LogP contribution in [0.4, 0.5) is 4.79 Å². The van der Waals surface area contributed by atoms with Gasteiger partial charge in [-0.2, -0.15) is 0 Å². The Kier molecular flexibility index (Phi) is 7.29. The first-order chi connectivity index (χ1) is 7.88. The first-order valence-corrected chi connectivity index (χ1v) is 5.81. The quantitative estimate of drug-likeness (QED) is 0.615. The molecule has 0 rings (SSSR count). The second-order valence-corrected chi connectivity index (χ2v) is 4.19. The molecule has 0 fully saturated rings. The van der Waals surface area contributed by atoms with Gasteiger partial charge in [0.05, 0.1) is 6.10 Å². The van der Waals surface area contributed by atoms with Crippen molar-refractivity contribution in [2.75, 3.05) is 13.6 Å². The van der Waals surface area contributed by atoms with Gasteiger partial charge in [0.15, 0.2) is 0 Å². The predicted octanol–water partition coefficient (Wildman–Crippen LogP) is 0.652. The molecule has 6 heteroatoms. The van der Waals surface area contributed by atoms with E-state index < -0.39 is 24.1 Å². The van der Waals surface area contributed by atoms with Crippen molar-refractivity contribution in [3.8, 4) is 0 Å². The van der Waals surface area contributed by atoms with Crippen LogP contribution in [-0.2, 0) is 4.79 Å². The molecule has 0 bridgehead atoms. The largest absolute Gasteiger partial charge is 0.480 e. The van der Waals surface area contributed by atoms with E-state index in [1.807, 2.05) is 6.92 Å². The second-order valence-electron chi connectivity index (χ2n) is 4.19. The van der Waals surface area contributed by atoms with Crippen LogP contribution in [0.5, 0.6) is 0 Å². The fraction of sp³-hybridized carbons (Fsp3) is 0.818. The van der Waals surface area contributed by atoms with Gasteiger partial charge in [0, 0.05) is 13.6 Å². The molecule has 0 aromatic carbocycles. The number of aliphatic hydroxyl groups excluding tert-OH is 1. The molecule has 3 N–H and O–H groups in total. The lowest BCUT2D eigenvalue weighted by Crippen LogP contribution is -2.47. The number of rotatable bonds is 7. The van der Waals surface area contributed by atoms with E-state index >= 15 is 0 Å². The number of aliphatic carboxylic acids is 1. The van der Waals surface area contributed by atoms with E-state index in [-0.39, 0.29) is 0 Å². The summed E-state index contributed by atoms with van der Waals surface area (Å²) in [6.07, 6.45) is 1.09. The first-order valence-electron chi connectivity index (χ1n) is 5.81. The molecule has 0 aliphatic carbocycles. The number of carboxylic acid groups (broad SMARTS) is 1. The Morgan fingerprint density at radius 2 is 1.94 bits per heavy atom. The summed E-state index contributed by atoms with van der Waals surface area (Å²) in [6, 6.07) is -1.27. The predicted molar refractivity (Wildman–Crippen MR) is 63.8 cm³/mol. The maximum atomic E-state index is 11.6. The highest BCUT2D eigenvalue weighted by molar-refractivity contribution is 5.82. The third-order valence-corrected chi connectivity index (χ3v) is 2.40. The highest BCUT2D eigenvalue weighted by Crippen LogP contribution is 1.99. The van der Waals surface area contributed by atoms with Gasteiger partial charge in [0.25, 0.3) is 0 Å². The highest BCUT2D eigenvalue weighted by Gasteiger charge is 2.20. The Morgan fingerprint density at radius 3 is 2.35 bits per heavy atom. The fourth-order valence-electron chi connectivity index (χ4n) is 1.29. The number of carbonyl (C=O) groups excluding carboxylic acids is 1. The summed E-state index contributed by atoms with van der Waals surface area (Å²) in [4.78, 5) is 23.8. The molecule has 2 unspecified atom stereocenters. The van der Waals surface area contributed by atoms with E-state index in [9.17, 15) is 9.59 Å². The van der Waals surface area contributed by atoms with E-state index in [0.717, 1.165) is 0 Å². The van der Waals surface area contributed by atoms with Crippen molar-refractivity contribution < 1.29 is 19.8 Å². The van der Waals surface area contributed by atoms with Crippen molar-refractivity contribution in [2.45, 2.75) is 45.3 Å². The van der Waals surface area contributed by atoms with Crippen molar-refractivity contribution in [1.82, 2.24) is 10.2 Å².